The number of carbonyl (C=O) groups is 1. The average molecular weight is 483 g/mol. The summed E-state index contributed by atoms with van der Waals surface area (Å²) in [5.41, 5.74) is 1.92. The van der Waals surface area contributed by atoms with E-state index in [-0.39, 0.29) is 29.5 Å². The Hall–Kier alpha value is -2.84. The van der Waals surface area contributed by atoms with Gasteiger partial charge in [0, 0.05) is 56.8 Å². The predicted octanol–water partition coefficient (Wildman–Crippen LogP) is 4.57. The number of hydrogen-bond acceptors (Lipinski definition) is 5. The highest BCUT2D eigenvalue weighted by molar-refractivity contribution is 7.13. The molecule has 0 aliphatic carbocycles. The van der Waals surface area contributed by atoms with Crippen LogP contribution in [0.5, 0.6) is 0 Å². The molecule has 5 nitrogen and oxygen atoms in total. The first-order valence-corrected chi connectivity index (χ1v) is 12.6. The molecule has 1 aromatic heterocycles. The number of amides is 1. The number of anilines is 1. The summed E-state index contributed by atoms with van der Waals surface area (Å²) in [7, 11) is 0. The van der Waals surface area contributed by atoms with Crippen molar-refractivity contribution in [1.82, 2.24) is 14.8 Å². The number of aromatic nitrogens is 1. The lowest BCUT2D eigenvalue weighted by atomic mass is 9.94. The number of nitrogens with zero attached hydrogens (tertiary/aromatic N) is 4. The van der Waals surface area contributed by atoms with Gasteiger partial charge in [0.15, 0.2) is 5.13 Å². The third kappa shape index (κ3) is 4.98. The first kappa shape index (κ1) is 22.9. The fourth-order valence-electron chi connectivity index (χ4n) is 5.05. The second-order valence-corrected chi connectivity index (χ2v) is 9.82. The summed E-state index contributed by atoms with van der Waals surface area (Å²) in [6, 6.07) is 12.9. The molecule has 2 aromatic carbocycles. The number of hydrogen-bond donors (Lipinski definition) is 0. The van der Waals surface area contributed by atoms with Gasteiger partial charge in [-0.25, -0.2) is 13.8 Å². The smallest absolute Gasteiger partial charge is 0.225 e. The molecule has 0 atom stereocenters. The van der Waals surface area contributed by atoms with Gasteiger partial charge >= 0.3 is 0 Å². The van der Waals surface area contributed by atoms with Gasteiger partial charge in [-0.1, -0.05) is 24.3 Å². The molecule has 34 heavy (non-hydrogen) atoms. The number of benzene rings is 2. The van der Waals surface area contributed by atoms with Crippen LogP contribution in [0, 0.1) is 17.6 Å². The number of rotatable bonds is 5. The van der Waals surface area contributed by atoms with Crippen LogP contribution in [0.3, 0.4) is 0 Å². The van der Waals surface area contributed by atoms with E-state index >= 15 is 0 Å². The van der Waals surface area contributed by atoms with E-state index in [9.17, 15) is 13.6 Å². The molecule has 3 heterocycles. The number of thiazole rings is 1. The number of piperazine rings is 1. The second-order valence-electron chi connectivity index (χ2n) is 8.94. The quantitative estimate of drug-likeness (QED) is 0.534. The fraction of sp³-hybridized carbons (Fsp3) is 0.385. The molecule has 0 N–H and O–H groups in total. The minimum absolute atomic E-state index is 0.0627. The maximum Gasteiger partial charge on any atom is 0.225 e. The Labute approximate surface area is 202 Å². The molecule has 1 amide bonds. The van der Waals surface area contributed by atoms with E-state index in [1.54, 1.807) is 35.6 Å². The summed E-state index contributed by atoms with van der Waals surface area (Å²) < 4.78 is 27.1. The first-order chi connectivity index (χ1) is 16.6. The van der Waals surface area contributed by atoms with Gasteiger partial charge in [0.1, 0.15) is 11.6 Å². The predicted molar refractivity (Wildman–Crippen MR) is 130 cm³/mol. The van der Waals surface area contributed by atoms with Gasteiger partial charge in [-0.15, -0.1) is 11.3 Å². The summed E-state index contributed by atoms with van der Waals surface area (Å²) in [5, 5.41) is 3.02. The summed E-state index contributed by atoms with van der Waals surface area (Å²) in [4.78, 5) is 24.2. The van der Waals surface area contributed by atoms with Crippen molar-refractivity contribution in [3.05, 3.63) is 82.9 Å². The monoisotopic (exact) mass is 482 g/mol. The molecule has 178 valence electrons. The van der Waals surface area contributed by atoms with Crippen molar-refractivity contribution in [2.45, 2.75) is 18.9 Å². The summed E-state index contributed by atoms with van der Waals surface area (Å²) in [5.74, 6) is -0.248. The van der Waals surface area contributed by atoms with E-state index in [1.807, 2.05) is 16.5 Å². The highest BCUT2D eigenvalue weighted by atomic mass is 32.1. The van der Waals surface area contributed by atoms with Crippen molar-refractivity contribution >= 4 is 22.4 Å². The number of halogens is 2. The molecule has 8 heteroatoms. The molecular weight excluding hydrogens is 454 g/mol. The Kier molecular flexibility index (Phi) is 6.87. The van der Waals surface area contributed by atoms with E-state index in [4.69, 9.17) is 0 Å². The van der Waals surface area contributed by atoms with Crippen molar-refractivity contribution in [3.63, 3.8) is 0 Å². The van der Waals surface area contributed by atoms with Crippen LogP contribution in [0.4, 0.5) is 13.9 Å². The first-order valence-electron chi connectivity index (χ1n) is 11.8. The Bertz CT molecular complexity index is 1030. The zero-order chi connectivity index (χ0) is 23.5. The van der Waals surface area contributed by atoms with E-state index in [1.165, 1.54) is 24.3 Å². The zero-order valence-corrected chi connectivity index (χ0v) is 19.8. The van der Waals surface area contributed by atoms with E-state index < -0.39 is 0 Å². The van der Waals surface area contributed by atoms with E-state index in [0.29, 0.717) is 26.2 Å². The molecular formula is C26H28F2N4OS. The topological polar surface area (TPSA) is 39.7 Å². The van der Waals surface area contributed by atoms with Crippen LogP contribution in [0.25, 0.3) is 0 Å². The molecule has 2 aliphatic heterocycles. The average Bonchev–Trinajstić information content (AvgIpc) is 3.42. The Morgan fingerprint density at radius 2 is 1.41 bits per heavy atom. The van der Waals surface area contributed by atoms with Gasteiger partial charge in [0.2, 0.25) is 5.91 Å². The van der Waals surface area contributed by atoms with Crippen molar-refractivity contribution in [1.29, 1.82) is 0 Å². The maximum atomic E-state index is 13.6. The van der Waals surface area contributed by atoms with Crippen molar-refractivity contribution in [3.8, 4) is 0 Å². The van der Waals surface area contributed by atoms with Gasteiger partial charge < -0.3 is 9.80 Å². The molecule has 2 saturated heterocycles. The van der Waals surface area contributed by atoms with Gasteiger partial charge in [-0.3, -0.25) is 9.69 Å². The lowest BCUT2D eigenvalue weighted by Gasteiger charge is -2.41. The summed E-state index contributed by atoms with van der Waals surface area (Å²) >= 11 is 1.64. The minimum Gasteiger partial charge on any atom is -0.348 e. The van der Waals surface area contributed by atoms with E-state index in [0.717, 1.165) is 42.2 Å². The standard InChI is InChI=1S/C26H28F2N4OS/c27-22-5-1-19(2-6-22)24(20-3-7-23(28)8-4-20)30-14-16-31(17-15-30)25(33)21-9-12-32(13-10-21)26-29-11-18-34-26/h1-8,11,18,21,24H,9-10,12-17H2. The molecule has 5 rings (SSSR count). The van der Waals surface area contributed by atoms with Crippen LogP contribution >= 0.6 is 11.3 Å². The molecule has 2 aliphatic rings. The third-order valence-electron chi connectivity index (χ3n) is 6.90. The Balaban J connectivity index is 1.23. The Morgan fingerprint density at radius 3 is 1.91 bits per heavy atom. The minimum atomic E-state index is -0.280. The van der Waals surface area contributed by atoms with Crippen LogP contribution in [0.1, 0.15) is 30.0 Å². The highest BCUT2D eigenvalue weighted by Crippen LogP contribution is 2.31. The largest absolute Gasteiger partial charge is 0.348 e. The van der Waals surface area contributed by atoms with Gasteiger partial charge in [-0.2, -0.15) is 0 Å². The lowest BCUT2D eigenvalue weighted by molar-refractivity contribution is -0.138. The van der Waals surface area contributed by atoms with Gasteiger partial charge in [-0.05, 0) is 48.2 Å². The van der Waals surface area contributed by atoms with Gasteiger partial charge in [0.25, 0.3) is 0 Å². The molecule has 0 radical (unpaired) electrons. The van der Waals surface area contributed by atoms with Crippen LogP contribution in [0.2, 0.25) is 0 Å². The Morgan fingerprint density at radius 1 is 0.853 bits per heavy atom. The van der Waals surface area contributed by atoms with Crippen molar-refractivity contribution in [2.24, 2.45) is 5.92 Å². The van der Waals surface area contributed by atoms with Crippen LogP contribution in [-0.2, 0) is 4.79 Å². The van der Waals surface area contributed by atoms with Gasteiger partial charge in [0.05, 0.1) is 6.04 Å². The number of carbonyl (C=O) groups excluding carboxylic acids is 1. The van der Waals surface area contributed by atoms with E-state index in [2.05, 4.69) is 14.8 Å². The summed E-state index contributed by atoms with van der Waals surface area (Å²) in [6.07, 6.45) is 3.53. The normalized spacial score (nSPS) is 18.0. The van der Waals surface area contributed by atoms with Crippen LogP contribution in [-0.4, -0.2) is 60.0 Å². The molecule has 0 unspecified atom stereocenters. The zero-order valence-electron chi connectivity index (χ0n) is 18.9. The molecule has 3 aromatic rings. The second kappa shape index (κ2) is 10.2. The third-order valence-corrected chi connectivity index (χ3v) is 7.73. The SMILES string of the molecule is O=C(C1CCN(c2nccs2)CC1)N1CCN(C(c2ccc(F)cc2)c2ccc(F)cc2)CC1. The maximum absolute atomic E-state index is 13.6. The lowest BCUT2D eigenvalue weighted by Crippen LogP contribution is -2.52. The molecule has 0 spiro atoms. The molecule has 2 fully saturated rings. The number of piperidine rings is 1. The summed E-state index contributed by atoms with van der Waals surface area (Å²) in [6.45, 7) is 4.46. The highest BCUT2D eigenvalue weighted by Gasteiger charge is 2.33. The molecule has 0 bridgehead atoms. The van der Waals surface area contributed by atoms with Crippen LogP contribution < -0.4 is 4.90 Å². The van der Waals surface area contributed by atoms with Crippen LogP contribution in [0.15, 0.2) is 60.1 Å². The fourth-order valence-corrected chi connectivity index (χ4v) is 5.75. The van der Waals surface area contributed by atoms with Crippen molar-refractivity contribution < 1.29 is 13.6 Å². The van der Waals surface area contributed by atoms with Crippen molar-refractivity contribution in [2.75, 3.05) is 44.2 Å². The molecule has 0 saturated carbocycles.